The van der Waals surface area contributed by atoms with Gasteiger partial charge >= 0.3 is 0 Å². The molecule has 1 N–H and O–H groups in total. The van der Waals surface area contributed by atoms with Crippen molar-refractivity contribution in [2.45, 2.75) is 44.6 Å². The zero-order valence-electron chi connectivity index (χ0n) is 13.2. The van der Waals surface area contributed by atoms with E-state index in [1.54, 1.807) is 11.8 Å². The summed E-state index contributed by atoms with van der Waals surface area (Å²) in [5.74, 6) is -0.214. The van der Waals surface area contributed by atoms with Gasteiger partial charge in [-0.2, -0.15) is 4.72 Å². The quantitative estimate of drug-likeness (QED) is 0.786. The number of sulfonamides is 1. The van der Waals surface area contributed by atoms with E-state index in [-0.39, 0.29) is 10.8 Å². The maximum Gasteiger partial charge on any atom is 0.241 e. The van der Waals surface area contributed by atoms with E-state index < -0.39 is 16.1 Å². The molecule has 0 bridgehead atoms. The number of carbonyl (C=O) groups excluding carboxylic acids is 1. The maximum absolute atomic E-state index is 12.3. The first-order valence-corrected chi connectivity index (χ1v) is 9.24. The fourth-order valence-electron chi connectivity index (χ4n) is 2.01. The lowest BCUT2D eigenvalue weighted by Crippen LogP contribution is -2.47. The Labute approximate surface area is 137 Å². The number of nitrogens with one attached hydrogen (secondary N) is 1. The molecule has 1 aromatic rings. The first kappa shape index (κ1) is 18.9. The summed E-state index contributed by atoms with van der Waals surface area (Å²) in [4.78, 5) is 14.1. The topological polar surface area (TPSA) is 66.5 Å². The van der Waals surface area contributed by atoms with E-state index in [0.29, 0.717) is 18.1 Å². The molecule has 5 nitrogen and oxygen atoms in total. The molecule has 0 aliphatic carbocycles. The molecule has 0 aliphatic heterocycles. The third-order valence-electron chi connectivity index (χ3n) is 3.30. The van der Waals surface area contributed by atoms with E-state index in [1.807, 2.05) is 13.8 Å². The van der Waals surface area contributed by atoms with Gasteiger partial charge in [0.2, 0.25) is 15.9 Å². The SMILES string of the molecule is CCCCN(CC)C(=O)C(C)NS(=O)(=O)c1ccc(Cl)cc1. The Morgan fingerprint density at radius 1 is 1.27 bits per heavy atom. The average molecular weight is 347 g/mol. The van der Waals surface area contributed by atoms with Crippen LogP contribution in [0.15, 0.2) is 29.2 Å². The van der Waals surface area contributed by atoms with Crippen molar-refractivity contribution in [3.63, 3.8) is 0 Å². The van der Waals surface area contributed by atoms with Crippen LogP contribution in [0, 0.1) is 0 Å². The van der Waals surface area contributed by atoms with Crippen molar-refractivity contribution in [3.05, 3.63) is 29.3 Å². The predicted molar refractivity (Wildman–Crippen MR) is 88.4 cm³/mol. The fourth-order valence-corrected chi connectivity index (χ4v) is 3.33. The Morgan fingerprint density at radius 2 is 1.86 bits per heavy atom. The highest BCUT2D eigenvalue weighted by molar-refractivity contribution is 7.89. The number of likely N-dealkylation sites (N-methyl/N-ethyl adjacent to an activating group) is 1. The van der Waals surface area contributed by atoms with Crippen LogP contribution in [-0.2, 0) is 14.8 Å². The summed E-state index contributed by atoms with van der Waals surface area (Å²) in [7, 11) is -3.74. The van der Waals surface area contributed by atoms with Gasteiger partial charge in [-0.05, 0) is 44.5 Å². The van der Waals surface area contributed by atoms with E-state index in [4.69, 9.17) is 11.6 Å². The van der Waals surface area contributed by atoms with Gasteiger partial charge in [0.1, 0.15) is 0 Å². The van der Waals surface area contributed by atoms with Crippen LogP contribution in [0.3, 0.4) is 0 Å². The highest BCUT2D eigenvalue weighted by Gasteiger charge is 2.24. The number of nitrogens with zero attached hydrogens (tertiary/aromatic N) is 1. The summed E-state index contributed by atoms with van der Waals surface area (Å²) in [6.45, 7) is 6.69. The molecule has 1 atom stereocenters. The van der Waals surface area contributed by atoms with Gasteiger partial charge in [0, 0.05) is 18.1 Å². The number of rotatable bonds is 8. The van der Waals surface area contributed by atoms with Gasteiger partial charge in [-0.1, -0.05) is 24.9 Å². The molecule has 0 spiro atoms. The summed E-state index contributed by atoms with van der Waals surface area (Å²) in [6, 6.07) is 5.02. The Morgan fingerprint density at radius 3 is 2.36 bits per heavy atom. The molecule has 0 saturated carbocycles. The standard InChI is InChI=1S/C15H23ClN2O3S/c1-4-6-11-18(5-2)15(19)12(3)17-22(20,21)14-9-7-13(16)8-10-14/h7-10,12,17H,4-6,11H2,1-3H3. The van der Waals surface area contributed by atoms with Gasteiger partial charge in [0.05, 0.1) is 10.9 Å². The Hall–Kier alpha value is -1.11. The molecule has 22 heavy (non-hydrogen) atoms. The molecule has 0 aromatic heterocycles. The Bertz CT molecular complexity index is 587. The monoisotopic (exact) mass is 346 g/mol. The summed E-state index contributed by atoms with van der Waals surface area (Å²) in [5, 5.41) is 0.458. The Kier molecular flexibility index (Phi) is 7.32. The molecule has 1 unspecified atom stereocenters. The number of unbranched alkanes of at least 4 members (excludes halogenated alkanes) is 1. The second kappa shape index (κ2) is 8.50. The predicted octanol–water partition coefficient (Wildman–Crippen LogP) is 2.66. The number of halogens is 1. The van der Waals surface area contributed by atoms with Gasteiger partial charge in [0.15, 0.2) is 0 Å². The van der Waals surface area contributed by atoms with Crippen LogP contribution < -0.4 is 4.72 Å². The van der Waals surface area contributed by atoms with Crippen molar-refractivity contribution in [2.24, 2.45) is 0 Å². The van der Waals surface area contributed by atoms with E-state index >= 15 is 0 Å². The van der Waals surface area contributed by atoms with Gasteiger partial charge < -0.3 is 4.90 Å². The number of hydrogen-bond acceptors (Lipinski definition) is 3. The molecule has 1 amide bonds. The lowest BCUT2D eigenvalue weighted by molar-refractivity contribution is -0.132. The molecular formula is C15H23ClN2O3S. The van der Waals surface area contributed by atoms with Crippen molar-refractivity contribution in [2.75, 3.05) is 13.1 Å². The maximum atomic E-state index is 12.3. The number of hydrogen-bond donors (Lipinski definition) is 1. The third kappa shape index (κ3) is 5.26. The summed E-state index contributed by atoms with van der Waals surface area (Å²) >= 11 is 5.75. The zero-order valence-corrected chi connectivity index (χ0v) is 14.7. The average Bonchev–Trinajstić information content (AvgIpc) is 2.47. The molecular weight excluding hydrogens is 324 g/mol. The highest BCUT2D eigenvalue weighted by atomic mass is 35.5. The molecule has 0 fully saturated rings. The van der Waals surface area contributed by atoms with Gasteiger partial charge in [-0.25, -0.2) is 8.42 Å². The van der Waals surface area contributed by atoms with Crippen LogP contribution in [0.2, 0.25) is 5.02 Å². The van der Waals surface area contributed by atoms with Crippen molar-refractivity contribution < 1.29 is 13.2 Å². The molecule has 1 rings (SSSR count). The van der Waals surface area contributed by atoms with Crippen LogP contribution in [0.1, 0.15) is 33.6 Å². The summed E-state index contributed by atoms with van der Waals surface area (Å²) < 4.78 is 26.9. The minimum atomic E-state index is -3.74. The number of amides is 1. The molecule has 1 aromatic carbocycles. The van der Waals surface area contributed by atoms with Gasteiger partial charge in [0.25, 0.3) is 0 Å². The molecule has 124 valence electrons. The first-order chi connectivity index (χ1) is 10.3. The summed E-state index contributed by atoms with van der Waals surface area (Å²) in [5.41, 5.74) is 0. The lowest BCUT2D eigenvalue weighted by Gasteiger charge is -2.24. The number of carbonyl (C=O) groups is 1. The van der Waals surface area contributed by atoms with Gasteiger partial charge in [-0.3, -0.25) is 4.79 Å². The zero-order chi connectivity index (χ0) is 16.8. The van der Waals surface area contributed by atoms with Crippen LogP contribution in [0.25, 0.3) is 0 Å². The van der Waals surface area contributed by atoms with Crippen molar-refractivity contribution in [3.8, 4) is 0 Å². The minimum absolute atomic E-state index is 0.0909. The lowest BCUT2D eigenvalue weighted by atomic mass is 10.2. The summed E-state index contributed by atoms with van der Waals surface area (Å²) in [6.07, 6.45) is 1.88. The number of benzene rings is 1. The van der Waals surface area contributed by atoms with Crippen LogP contribution in [-0.4, -0.2) is 38.4 Å². The molecule has 0 heterocycles. The van der Waals surface area contributed by atoms with Crippen LogP contribution in [0.4, 0.5) is 0 Å². The molecule has 0 radical (unpaired) electrons. The highest BCUT2D eigenvalue weighted by Crippen LogP contribution is 2.14. The second-order valence-corrected chi connectivity index (χ2v) is 7.22. The van der Waals surface area contributed by atoms with Crippen molar-refractivity contribution in [1.29, 1.82) is 0 Å². The van der Waals surface area contributed by atoms with Crippen LogP contribution >= 0.6 is 11.6 Å². The van der Waals surface area contributed by atoms with Crippen molar-refractivity contribution in [1.82, 2.24) is 9.62 Å². The van der Waals surface area contributed by atoms with E-state index in [1.165, 1.54) is 24.3 Å². The van der Waals surface area contributed by atoms with Crippen LogP contribution in [0.5, 0.6) is 0 Å². The molecule has 0 aliphatic rings. The van der Waals surface area contributed by atoms with E-state index in [0.717, 1.165) is 12.8 Å². The van der Waals surface area contributed by atoms with E-state index in [2.05, 4.69) is 4.72 Å². The molecule has 7 heteroatoms. The first-order valence-electron chi connectivity index (χ1n) is 7.38. The smallest absolute Gasteiger partial charge is 0.241 e. The fraction of sp³-hybridized carbons (Fsp3) is 0.533. The third-order valence-corrected chi connectivity index (χ3v) is 5.11. The second-order valence-electron chi connectivity index (χ2n) is 5.07. The largest absolute Gasteiger partial charge is 0.342 e. The minimum Gasteiger partial charge on any atom is -0.342 e. The molecule has 0 saturated heterocycles. The van der Waals surface area contributed by atoms with Crippen molar-refractivity contribution >= 4 is 27.5 Å². The van der Waals surface area contributed by atoms with E-state index in [9.17, 15) is 13.2 Å². The van der Waals surface area contributed by atoms with Gasteiger partial charge in [-0.15, -0.1) is 0 Å². The normalized spacial score (nSPS) is 12.9. The Balaban J connectivity index is 2.79.